The second kappa shape index (κ2) is 10.8. The summed E-state index contributed by atoms with van der Waals surface area (Å²) in [5, 5.41) is 19.5. The van der Waals surface area contributed by atoms with E-state index in [0.717, 1.165) is 87.5 Å². The SMILES string of the molecule is O=[N+]([O-])c1c(N2CC[N+]3(CC2)CC[N+]2(CCNCC2)CC3)ncnc1N1CC[N+]2(CC1)CC[N+]1(CCNCC1)CC2. The Morgan fingerprint density at radius 3 is 1.20 bits per heavy atom. The maximum atomic E-state index is 12.5. The lowest BCUT2D eigenvalue weighted by atomic mass is 10.1. The van der Waals surface area contributed by atoms with Crippen molar-refractivity contribution in [2.45, 2.75) is 0 Å². The summed E-state index contributed by atoms with van der Waals surface area (Å²) in [5.74, 6) is 1.05. The van der Waals surface area contributed by atoms with Gasteiger partial charge in [0, 0.05) is 26.2 Å². The zero-order chi connectivity index (χ0) is 28.0. The second-order valence-electron chi connectivity index (χ2n) is 14.0. The van der Waals surface area contributed by atoms with Crippen molar-refractivity contribution in [2.75, 3.05) is 167 Å². The molecule has 7 rings (SSSR count). The predicted octanol–water partition coefficient (Wildman–Crippen LogP) is -1.47. The van der Waals surface area contributed by atoms with Crippen molar-refractivity contribution < 1.29 is 22.9 Å². The fourth-order valence-corrected chi connectivity index (χ4v) is 8.86. The van der Waals surface area contributed by atoms with Crippen LogP contribution in [0.1, 0.15) is 0 Å². The van der Waals surface area contributed by atoms with Crippen LogP contribution in [0.5, 0.6) is 0 Å². The van der Waals surface area contributed by atoms with E-state index in [4.69, 9.17) is 0 Å². The van der Waals surface area contributed by atoms with E-state index in [1.165, 1.54) is 87.5 Å². The van der Waals surface area contributed by atoms with Crippen LogP contribution in [-0.2, 0) is 0 Å². The van der Waals surface area contributed by atoms with Crippen LogP contribution in [0.25, 0.3) is 0 Å². The van der Waals surface area contributed by atoms with Crippen molar-refractivity contribution >= 4 is 17.3 Å². The number of quaternary nitrogens is 4. The number of anilines is 2. The first kappa shape index (κ1) is 27.7. The molecule has 7 heterocycles. The van der Waals surface area contributed by atoms with Crippen LogP contribution >= 0.6 is 0 Å². The van der Waals surface area contributed by atoms with Crippen LogP contribution in [-0.4, -0.2) is 190 Å². The Balaban J connectivity index is 0.996. The molecule has 6 saturated heterocycles. The van der Waals surface area contributed by atoms with Crippen LogP contribution in [0.3, 0.4) is 0 Å². The number of hydrogen-bond donors (Lipinski definition) is 2. The van der Waals surface area contributed by atoms with E-state index in [2.05, 4.69) is 30.4 Å². The highest BCUT2D eigenvalue weighted by Crippen LogP contribution is 2.37. The molecule has 0 unspecified atom stereocenters. The van der Waals surface area contributed by atoms with Gasteiger partial charge in [0.25, 0.3) is 0 Å². The molecule has 0 aromatic carbocycles. The molecule has 2 N–H and O–H groups in total. The Hall–Kier alpha value is -2.16. The van der Waals surface area contributed by atoms with Crippen molar-refractivity contribution in [2.24, 2.45) is 0 Å². The van der Waals surface area contributed by atoms with Crippen molar-refractivity contribution in [1.29, 1.82) is 0 Å². The van der Waals surface area contributed by atoms with Crippen molar-refractivity contribution in [3.8, 4) is 0 Å². The third kappa shape index (κ3) is 5.29. The van der Waals surface area contributed by atoms with Gasteiger partial charge in [0.15, 0.2) is 0 Å². The van der Waals surface area contributed by atoms with Gasteiger partial charge >= 0.3 is 5.69 Å². The molecule has 0 aliphatic carbocycles. The average Bonchev–Trinajstić information content (AvgIpc) is 3.02. The zero-order valence-corrected chi connectivity index (χ0v) is 24.9. The second-order valence-corrected chi connectivity index (χ2v) is 14.0. The molecule has 13 heteroatoms. The minimum absolute atomic E-state index is 0.113. The lowest BCUT2D eigenvalue weighted by Crippen LogP contribution is -2.73. The number of nitrogens with zero attached hydrogens (tertiary/aromatic N) is 9. The molecular formula is C28H51N11O2+4. The third-order valence-corrected chi connectivity index (χ3v) is 12.2. The molecule has 6 aliphatic rings. The maximum absolute atomic E-state index is 12.5. The fraction of sp³-hybridized carbons (Fsp3) is 0.857. The van der Waals surface area contributed by atoms with E-state index >= 15 is 0 Å². The number of nitrogens with one attached hydrogen (secondary N) is 2. The minimum atomic E-state index is -0.221. The molecule has 0 saturated carbocycles. The first-order valence-corrected chi connectivity index (χ1v) is 16.2. The number of nitro groups is 1. The highest BCUT2D eigenvalue weighted by Gasteiger charge is 2.47. The van der Waals surface area contributed by atoms with E-state index in [1.54, 1.807) is 6.33 Å². The van der Waals surface area contributed by atoms with Crippen LogP contribution in [0.2, 0.25) is 0 Å². The number of hydrogen-bond acceptors (Lipinski definition) is 8. The topological polar surface area (TPSA) is 99.5 Å². The summed E-state index contributed by atoms with van der Waals surface area (Å²) < 4.78 is 4.89. The Bertz CT molecular complexity index is 1000. The summed E-state index contributed by atoms with van der Waals surface area (Å²) >= 11 is 0. The lowest BCUT2D eigenvalue weighted by Gasteiger charge is -2.53. The smallest absolute Gasteiger partial charge is 0.339 e. The van der Waals surface area contributed by atoms with E-state index in [-0.39, 0.29) is 10.6 Å². The molecule has 226 valence electrons. The Morgan fingerprint density at radius 2 is 0.878 bits per heavy atom. The van der Waals surface area contributed by atoms with E-state index < -0.39 is 0 Å². The fourth-order valence-electron chi connectivity index (χ4n) is 8.86. The van der Waals surface area contributed by atoms with Gasteiger partial charge in [0.2, 0.25) is 11.6 Å². The van der Waals surface area contributed by atoms with Crippen LogP contribution < -0.4 is 20.4 Å². The summed E-state index contributed by atoms with van der Waals surface area (Å²) in [6.07, 6.45) is 1.56. The van der Waals surface area contributed by atoms with Crippen molar-refractivity contribution in [3.05, 3.63) is 16.4 Å². The normalized spacial score (nSPS) is 28.8. The molecule has 13 nitrogen and oxygen atoms in total. The Labute approximate surface area is 244 Å². The van der Waals surface area contributed by atoms with Crippen LogP contribution in [0, 0.1) is 10.1 Å². The molecule has 0 radical (unpaired) electrons. The van der Waals surface area contributed by atoms with Gasteiger partial charge < -0.3 is 38.4 Å². The van der Waals surface area contributed by atoms with Gasteiger partial charge in [-0.1, -0.05) is 0 Å². The lowest BCUT2D eigenvalue weighted by molar-refractivity contribution is -1.03. The maximum Gasteiger partial charge on any atom is 0.353 e. The number of aromatic nitrogens is 2. The summed E-state index contributed by atoms with van der Waals surface area (Å²) in [7, 11) is 0. The first-order valence-electron chi connectivity index (χ1n) is 16.2. The zero-order valence-electron chi connectivity index (χ0n) is 24.9. The number of rotatable bonds is 3. The molecule has 41 heavy (non-hydrogen) atoms. The third-order valence-electron chi connectivity index (χ3n) is 12.2. The van der Waals surface area contributed by atoms with Gasteiger partial charge in [-0.25, -0.2) is 9.97 Å². The Morgan fingerprint density at radius 1 is 0.561 bits per heavy atom. The van der Waals surface area contributed by atoms with Gasteiger partial charge in [-0.3, -0.25) is 10.1 Å². The quantitative estimate of drug-likeness (QED) is 0.257. The van der Waals surface area contributed by atoms with Gasteiger partial charge in [-0.15, -0.1) is 0 Å². The summed E-state index contributed by atoms with van der Waals surface area (Å²) in [4.78, 5) is 25.7. The molecule has 4 spiro atoms. The predicted molar refractivity (Wildman–Crippen MR) is 158 cm³/mol. The van der Waals surface area contributed by atoms with Crippen LogP contribution in [0.15, 0.2) is 6.33 Å². The largest absolute Gasteiger partial charge is 0.353 e. The highest BCUT2D eigenvalue weighted by molar-refractivity contribution is 5.71. The van der Waals surface area contributed by atoms with Crippen LogP contribution in [0.4, 0.5) is 17.3 Å². The first-order chi connectivity index (χ1) is 19.9. The minimum Gasteiger partial charge on any atom is -0.339 e. The monoisotopic (exact) mass is 573 g/mol. The summed E-state index contributed by atoms with van der Waals surface area (Å²) in [6, 6.07) is 0. The highest BCUT2D eigenvalue weighted by atomic mass is 16.6. The molecular weight excluding hydrogens is 522 g/mol. The average molecular weight is 574 g/mol. The standard InChI is InChI=1S/C28H51N11O2/c40-35(41)26-27(33-5-13-38(14-6-33)21-17-36(18-22-38)9-1-29-2-10-36)31-25-32-28(26)34-7-15-39(16-8-34)23-19-37(20-24-39)11-3-30-4-12-37/h25,29-30H,1-24H2/q+4. The number of piperazine rings is 6. The summed E-state index contributed by atoms with van der Waals surface area (Å²) in [5.41, 5.74) is 0.113. The molecule has 1 aromatic rings. The van der Waals surface area contributed by atoms with E-state index in [9.17, 15) is 10.1 Å². The van der Waals surface area contributed by atoms with Gasteiger partial charge in [0.05, 0.1) is 83.5 Å². The molecule has 0 amide bonds. The van der Waals surface area contributed by atoms with Crippen molar-refractivity contribution in [3.63, 3.8) is 0 Å². The summed E-state index contributed by atoms with van der Waals surface area (Å²) in [6.45, 7) is 27.1. The van der Waals surface area contributed by atoms with E-state index in [1.807, 2.05) is 0 Å². The molecule has 6 aliphatic heterocycles. The Kier molecular flexibility index (Phi) is 7.31. The van der Waals surface area contributed by atoms with Gasteiger partial charge in [-0.05, 0) is 0 Å². The molecule has 6 fully saturated rings. The van der Waals surface area contributed by atoms with Crippen molar-refractivity contribution in [1.82, 2.24) is 20.6 Å². The molecule has 0 bridgehead atoms. The van der Waals surface area contributed by atoms with Gasteiger partial charge in [0.1, 0.15) is 58.7 Å². The van der Waals surface area contributed by atoms with E-state index in [0.29, 0.717) is 11.6 Å². The van der Waals surface area contributed by atoms with Gasteiger partial charge in [-0.2, -0.15) is 0 Å². The molecule has 1 aromatic heterocycles. The molecule has 0 atom stereocenters.